The summed E-state index contributed by atoms with van der Waals surface area (Å²) in [7, 11) is 0. The van der Waals surface area contributed by atoms with Crippen molar-refractivity contribution in [3.8, 4) is 0 Å². The summed E-state index contributed by atoms with van der Waals surface area (Å²) in [6.07, 6.45) is 2.89. The first-order valence-corrected chi connectivity index (χ1v) is 7.88. The number of rotatable bonds is 3. The second-order valence-electron chi connectivity index (χ2n) is 5.78. The van der Waals surface area contributed by atoms with E-state index in [4.69, 9.17) is 0 Å². The Hall–Kier alpha value is -0.830. The molecule has 1 unspecified atom stereocenters. The fourth-order valence-corrected chi connectivity index (χ4v) is 3.19. The zero-order chi connectivity index (χ0) is 13.8. The Morgan fingerprint density at radius 3 is 2.84 bits per heavy atom. The molecule has 1 aliphatic rings. The van der Waals surface area contributed by atoms with Gasteiger partial charge in [0.15, 0.2) is 0 Å². The number of amides is 1. The van der Waals surface area contributed by atoms with Crippen LogP contribution in [0.4, 0.5) is 0 Å². The van der Waals surface area contributed by atoms with Gasteiger partial charge in [-0.05, 0) is 42.4 Å². The smallest absolute Gasteiger partial charge is 0.222 e. The molecular weight excluding hydrogens is 302 g/mol. The Morgan fingerprint density at radius 2 is 2.16 bits per heavy atom. The summed E-state index contributed by atoms with van der Waals surface area (Å²) in [5.74, 6) is 1.68. The van der Waals surface area contributed by atoms with Gasteiger partial charge in [-0.3, -0.25) is 4.79 Å². The number of hydrogen-bond donors (Lipinski definition) is 0. The normalized spacial score (nSPS) is 20.7. The molecule has 1 amide bonds. The van der Waals surface area contributed by atoms with Gasteiger partial charge in [-0.25, -0.2) is 0 Å². The van der Waals surface area contributed by atoms with E-state index < -0.39 is 0 Å². The molecule has 0 N–H and O–H groups in total. The van der Waals surface area contributed by atoms with E-state index in [-0.39, 0.29) is 0 Å². The lowest BCUT2D eigenvalue weighted by Crippen LogP contribution is -2.29. The summed E-state index contributed by atoms with van der Waals surface area (Å²) in [5.41, 5.74) is 1.20. The van der Waals surface area contributed by atoms with Crippen molar-refractivity contribution in [1.29, 1.82) is 0 Å². The maximum atomic E-state index is 12.2. The summed E-state index contributed by atoms with van der Waals surface area (Å²) >= 11 is 3.48. The molecule has 0 radical (unpaired) electrons. The SMILES string of the molecule is CC(C)C1CCC(=O)N(Cc2cccc(Br)c2)CC1. The molecule has 1 saturated heterocycles. The van der Waals surface area contributed by atoms with Gasteiger partial charge in [-0.2, -0.15) is 0 Å². The monoisotopic (exact) mass is 323 g/mol. The third-order valence-corrected chi connectivity index (χ3v) is 4.55. The topological polar surface area (TPSA) is 20.3 Å². The van der Waals surface area contributed by atoms with Crippen LogP contribution in [-0.2, 0) is 11.3 Å². The standard InChI is InChI=1S/C16H22BrNO/c1-12(2)14-6-7-16(19)18(9-8-14)11-13-4-3-5-15(17)10-13/h3-5,10,12,14H,6-9,11H2,1-2H3. The van der Waals surface area contributed by atoms with Gasteiger partial charge in [0.2, 0.25) is 5.91 Å². The largest absolute Gasteiger partial charge is 0.338 e. The minimum absolute atomic E-state index is 0.308. The molecule has 0 aromatic heterocycles. The predicted octanol–water partition coefficient (Wildman–Crippen LogP) is 4.23. The molecule has 2 rings (SSSR count). The zero-order valence-electron chi connectivity index (χ0n) is 11.7. The fraction of sp³-hybridized carbons (Fsp3) is 0.562. The molecule has 1 aromatic rings. The number of benzene rings is 1. The summed E-state index contributed by atoms with van der Waals surface area (Å²) in [6, 6.07) is 8.22. The Labute approximate surface area is 124 Å². The van der Waals surface area contributed by atoms with Crippen molar-refractivity contribution in [3.63, 3.8) is 0 Å². The number of halogens is 1. The summed E-state index contributed by atoms with van der Waals surface area (Å²) in [4.78, 5) is 14.2. The molecule has 0 bridgehead atoms. The molecule has 0 spiro atoms. The predicted molar refractivity (Wildman–Crippen MR) is 81.7 cm³/mol. The second kappa shape index (κ2) is 6.56. The molecule has 1 fully saturated rings. The van der Waals surface area contributed by atoms with E-state index in [1.54, 1.807) is 0 Å². The molecule has 1 heterocycles. The van der Waals surface area contributed by atoms with Gasteiger partial charge in [0, 0.05) is 24.0 Å². The summed E-state index contributed by atoms with van der Waals surface area (Å²) in [6.45, 7) is 6.16. The molecule has 19 heavy (non-hydrogen) atoms. The van der Waals surface area contributed by atoms with Crippen molar-refractivity contribution in [3.05, 3.63) is 34.3 Å². The van der Waals surface area contributed by atoms with Crippen LogP contribution in [0.2, 0.25) is 0 Å². The van der Waals surface area contributed by atoms with Crippen LogP contribution in [0.25, 0.3) is 0 Å². The van der Waals surface area contributed by atoms with E-state index >= 15 is 0 Å². The van der Waals surface area contributed by atoms with Crippen molar-refractivity contribution < 1.29 is 4.79 Å². The highest BCUT2D eigenvalue weighted by Gasteiger charge is 2.24. The van der Waals surface area contributed by atoms with Crippen LogP contribution in [0, 0.1) is 11.8 Å². The Kier molecular flexibility index (Phi) is 5.03. The van der Waals surface area contributed by atoms with Crippen LogP contribution in [0.5, 0.6) is 0 Å². The van der Waals surface area contributed by atoms with Gasteiger partial charge in [0.25, 0.3) is 0 Å². The van der Waals surface area contributed by atoms with E-state index in [2.05, 4.69) is 41.9 Å². The number of hydrogen-bond acceptors (Lipinski definition) is 1. The number of nitrogens with zero attached hydrogens (tertiary/aromatic N) is 1. The maximum Gasteiger partial charge on any atom is 0.222 e. The lowest BCUT2D eigenvalue weighted by Gasteiger charge is -2.22. The third-order valence-electron chi connectivity index (χ3n) is 4.06. The van der Waals surface area contributed by atoms with Crippen molar-refractivity contribution in [1.82, 2.24) is 4.90 Å². The minimum atomic E-state index is 0.308. The van der Waals surface area contributed by atoms with Crippen LogP contribution in [0.1, 0.15) is 38.7 Å². The molecule has 1 aliphatic heterocycles. The quantitative estimate of drug-likeness (QED) is 0.815. The van der Waals surface area contributed by atoms with E-state index in [9.17, 15) is 4.79 Å². The average Bonchev–Trinajstić information content (AvgIpc) is 2.53. The van der Waals surface area contributed by atoms with Crippen LogP contribution < -0.4 is 0 Å². The molecular formula is C16H22BrNO. The van der Waals surface area contributed by atoms with Gasteiger partial charge in [0.1, 0.15) is 0 Å². The van der Waals surface area contributed by atoms with Gasteiger partial charge in [-0.15, -0.1) is 0 Å². The average molecular weight is 324 g/mol. The minimum Gasteiger partial charge on any atom is -0.338 e. The lowest BCUT2D eigenvalue weighted by atomic mass is 9.89. The number of carbonyl (C=O) groups is 1. The molecule has 0 aliphatic carbocycles. The Bertz CT molecular complexity index is 444. The van der Waals surface area contributed by atoms with Gasteiger partial charge in [-0.1, -0.05) is 41.9 Å². The molecule has 104 valence electrons. The fourth-order valence-electron chi connectivity index (χ4n) is 2.75. The second-order valence-corrected chi connectivity index (χ2v) is 6.69. The molecule has 1 aromatic carbocycles. The van der Waals surface area contributed by atoms with Crippen LogP contribution in [0.15, 0.2) is 28.7 Å². The first-order valence-electron chi connectivity index (χ1n) is 7.08. The zero-order valence-corrected chi connectivity index (χ0v) is 13.3. The van der Waals surface area contributed by atoms with Crippen LogP contribution in [0.3, 0.4) is 0 Å². The first-order chi connectivity index (χ1) is 9.06. The van der Waals surface area contributed by atoms with E-state index in [0.717, 1.165) is 30.4 Å². The number of likely N-dealkylation sites (tertiary alicyclic amines) is 1. The van der Waals surface area contributed by atoms with Crippen molar-refractivity contribution in [2.45, 2.75) is 39.7 Å². The third kappa shape index (κ3) is 4.07. The summed E-state index contributed by atoms with van der Waals surface area (Å²) < 4.78 is 1.08. The number of carbonyl (C=O) groups excluding carboxylic acids is 1. The highest BCUT2D eigenvalue weighted by Crippen LogP contribution is 2.26. The first kappa shape index (κ1) is 14.6. The molecule has 0 saturated carbocycles. The lowest BCUT2D eigenvalue weighted by molar-refractivity contribution is -0.131. The molecule has 3 heteroatoms. The van der Waals surface area contributed by atoms with Crippen molar-refractivity contribution in [2.75, 3.05) is 6.54 Å². The van der Waals surface area contributed by atoms with E-state index in [0.29, 0.717) is 24.2 Å². The summed E-state index contributed by atoms with van der Waals surface area (Å²) in [5, 5.41) is 0. The highest BCUT2D eigenvalue weighted by molar-refractivity contribution is 9.10. The van der Waals surface area contributed by atoms with Crippen LogP contribution in [-0.4, -0.2) is 17.4 Å². The van der Waals surface area contributed by atoms with Gasteiger partial charge < -0.3 is 4.90 Å². The molecule has 1 atom stereocenters. The maximum absolute atomic E-state index is 12.2. The Balaban J connectivity index is 2.02. The van der Waals surface area contributed by atoms with Crippen molar-refractivity contribution >= 4 is 21.8 Å². The van der Waals surface area contributed by atoms with Crippen molar-refractivity contribution in [2.24, 2.45) is 11.8 Å². The van der Waals surface area contributed by atoms with Crippen LogP contribution >= 0.6 is 15.9 Å². The highest BCUT2D eigenvalue weighted by atomic mass is 79.9. The molecule has 2 nitrogen and oxygen atoms in total. The van der Waals surface area contributed by atoms with Gasteiger partial charge in [0.05, 0.1) is 0 Å². The van der Waals surface area contributed by atoms with E-state index in [1.807, 2.05) is 17.0 Å². The van der Waals surface area contributed by atoms with E-state index in [1.165, 1.54) is 5.56 Å². The van der Waals surface area contributed by atoms with Gasteiger partial charge >= 0.3 is 0 Å². The Morgan fingerprint density at radius 1 is 1.37 bits per heavy atom.